The van der Waals surface area contributed by atoms with Gasteiger partial charge in [0.25, 0.3) is 0 Å². The summed E-state index contributed by atoms with van der Waals surface area (Å²) < 4.78 is 0. The van der Waals surface area contributed by atoms with Crippen LogP contribution in [0.5, 0.6) is 0 Å². The number of piperidine rings is 1. The quantitative estimate of drug-likeness (QED) is 0.566. The van der Waals surface area contributed by atoms with Crippen LogP contribution in [0.25, 0.3) is 0 Å². The summed E-state index contributed by atoms with van der Waals surface area (Å²) in [6.07, 6.45) is 5.08. The Morgan fingerprint density at radius 3 is 2.56 bits per heavy atom. The second kappa shape index (κ2) is 4.05. The van der Waals surface area contributed by atoms with E-state index in [1.807, 2.05) is 0 Å². The molecule has 0 N–H and O–H groups in total. The van der Waals surface area contributed by atoms with Gasteiger partial charge < -0.3 is 4.90 Å². The summed E-state index contributed by atoms with van der Waals surface area (Å²) in [6.45, 7) is 9.67. The molecule has 2 radical (unpaired) electrons. The Labute approximate surface area is 102 Å². The fraction of sp³-hybridized carbons (Fsp3) is 1.00. The van der Waals surface area contributed by atoms with Gasteiger partial charge in [0, 0.05) is 6.54 Å². The van der Waals surface area contributed by atoms with Crippen molar-refractivity contribution in [2.24, 2.45) is 17.3 Å². The molecule has 0 amide bonds. The second-order valence-electron chi connectivity index (χ2n) is 7.28. The normalized spacial score (nSPS) is 44.8. The summed E-state index contributed by atoms with van der Waals surface area (Å²) in [5.41, 5.74) is 0.423. The van der Waals surface area contributed by atoms with Crippen molar-refractivity contribution in [3.8, 4) is 0 Å². The molecule has 0 aromatic carbocycles. The molecule has 0 aromatic rings. The van der Waals surface area contributed by atoms with Gasteiger partial charge in [0.05, 0.1) is 7.85 Å². The number of nitrogens with zero attached hydrogens (tertiary/aromatic N) is 1. The average molecular weight is 219 g/mol. The van der Waals surface area contributed by atoms with Crippen LogP contribution in [0.4, 0.5) is 0 Å². The highest BCUT2D eigenvalue weighted by Gasteiger charge is 2.43. The SMILES string of the molecule is [B]C1(C)CCC2CN(C)CCC2C(C)(C)C1. The number of fused-ring (bicyclic) bond motifs is 1. The highest BCUT2D eigenvalue weighted by molar-refractivity contribution is 6.14. The van der Waals surface area contributed by atoms with Crippen LogP contribution in [0.15, 0.2) is 0 Å². The van der Waals surface area contributed by atoms with Crippen molar-refractivity contribution >= 4 is 7.85 Å². The Morgan fingerprint density at radius 1 is 1.19 bits per heavy atom. The number of hydrogen-bond acceptors (Lipinski definition) is 1. The predicted octanol–water partition coefficient (Wildman–Crippen LogP) is 3.11. The molecule has 16 heavy (non-hydrogen) atoms. The van der Waals surface area contributed by atoms with Gasteiger partial charge in [-0.25, -0.2) is 0 Å². The van der Waals surface area contributed by atoms with Crippen molar-refractivity contribution in [3.63, 3.8) is 0 Å². The van der Waals surface area contributed by atoms with E-state index in [0.29, 0.717) is 5.41 Å². The van der Waals surface area contributed by atoms with Gasteiger partial charge in [0.2, 0.25) is 0 Å². The largest absolute Gasteiger partial charge is 0.306 e. The average Bonchev–Trinajstić information content (AvgIpc) is 2.20. The van der Waals surface area contributed by atoms with Crippen molar-refractivity contribution in [3.05, 3.63) is 0 Å². The van der Waals surface area contributed by atoms with Crippen molar-refractivity contribution < 1.29 is 0 Å². The lowest BCUT2D eigenvalue weighted by molar-refractivity contribution is 0.0543. The summed E-state index contributed by atoms with van der Waals surface area (Å²) >= 11 is 0. The van der Waals surface area contributed by atoms with Crippen LogP contribution >= 0.6 is 0 Å². The topological polar surface area (TPSA) is 3.24 Å². The summed E-state index contributed by atoms with van der Waals surface area (Å²) in [7, 11) is 8.69. The Morgan fingerprint density at radius 2 is 1.88 bits per heavy atom. The predicted molar refractivity (Wildman–Crippen MR) is 70.8 cm³/mol. The highest BCUT2D eigenvalue weighted by Crippen LogP contribution is 2.53. The van der Waals surface area contributed by atoms with Crippen molar-refractivity contribution in [2.75, 3.05) is 20.1 Å². The summed E-state index contributed by atoms with van der Waals surface area (Å²) in [4.78, 5) is 2.50. The smallest absolute Gasteiger partial charge is 0.0742 e. The first-order valence-electron chi connectivity index (χ1n) is 6.78. The van der Waals surface area contributed by atoms with Crippen molar-refractivity contribution in [2.45, 2.75) is 51.8 Å². The van der Waals surface area contributed by atoms with Crippen LogP contribution in [0.1, 0.15) is 46.5 Å². The fourth-order valence-corrected chi connectivity index (χ4v) is 4.31. The summed E-state index contributed by atoms with van der Waals surface area (Å²) in [5, 5.41) is 0.0550. The van der Waals surface area contributed by atoms with Gasteiger partial charge >= 0.3 is 0 Å². The Balaban J connectivity index is 2.19. The zero-order valence-electron chi connectivity index (χ0n) is 11.4. The Bertz CT molecular complexity index is 259. The standard InChI is InChI=1S/C14H26BN/c1-13(2)10-14(3,15)7-5-11-9-16(4)8-6-12(11)13/h11-12H,5-10H2,1-4H3. The maximum absolute atomic E-state index is 6.43. The molecule has 2 fully saturated rings. The van der Waals surface area contributed by atoms with E-state index in [2.05, 4.69) is 32.7 Å². The maximum Gasteiger partial charge on any atom is 0.0742 e. The lowest BCUT2D eigenvalue weighted by atomic mass is 9.59. The van der Waals surface area contributed by atoms with Crippen LogP contribution in [0.3, 0.4) is 0 Å². The molecule has 0 spiro atoms. The van der Waals surface area contributed by atoms with Crippen molar-refractivity contribution in [1.82, 2.24) is 4.90 Å². The zero-order valence-corrected chi connectivity index (χ0v) is 11.4. The number of hydrogen-bond donors (Lipinski definition) is 0. The van der Waals surface area contributed by atoms with Gasteiger partial charge in [-0.2, -0.15) is 0 Å². The van der Waals surface area contributed by atoms with Gasteiger partial charge in [-0.1, -0.05) is 38.9 Å². The van der Waals surface area contributed by atoms with Gasteiger partial charge in [0.1, 0.15) is 0 Å². The van der Waals surface area contributed by atoms with E-state index in [1.165, 1.54) is 38.8 Å². The molecule has 1 saturated heterocycles. The number of rotatable bonds is 0. The van der Waals surface area contributed by atoms with Gasteiger partial charge in [-0.05, 0) is 43.7 Å². The molecule has 0 aromatic heterocycles. The third-order valence-corrected chi connectivity index (χ3v) is 4.89. The lowest BCUT2D eigenvalue weighted by Gasteiger charge is -2.44. The Hall–Kier alpha value is 0.0249. The first-order chi connectivity index (χ1) is 7.30. The van der Waals surface area contributed by atoms with E-state index >= 15 is 0 Å². The van der Waals surface area contributed by atoms with Crippen LogP contribution < -0.4 is 0 Å². The molecule has 2 aliphatic rings. The minimum Gasteiger partial charge on any atom is -0.306 e. The first kappa shape index (κ1) is 12.5. The molecule has 90 valence electrons. The molecule has 3 atom stereocenters. The summed E-state index contributed by atoms with van der Waals surface area (Å²) in [5.74, 6) is 1.76. The fourth-order valence-electron chi connectivity index (χ4n) is 4.31. The van der Waals surface area contributed by atoms with Crippen LogP contribution in [-0.4, -0.2) is 32.9 Å². The molecular formula is C14H26BN. The second-order valence-corrected chi connectivity index (χ2v) is 7.28. The molecule has 1 aliphatic carbocycles. The van der Waals surface area contributed by atoms with Crippen molar-refractivity contribution in [1.29, 1.82) is 0 Å². The summed E-state index contributed by atoms with van der Waals surface area (Å²) in [6, 6.07) is 0. The molecular weight excluding hydrogens is 193 g/mol. The van der Waals surface area contributed by atoms with E-state index in [-0.39, 0.29) is 5.31 Å². The van der Waals surface area contributed by atoms with Gasteiger partial charge in [-0.3, -0.25) is 0 Å². The van der Waals surface area contributed by atoms with E-state index in [4.69, 9.17) is 7.85 Å². The van der Waals surface area contributed by atoms with E-state index < -0.39 is 0 Å². The third-order valence-electron chi connectivity index (χ3n) is 4.89. The first-order valence-corrected chi connectivity index (χ1v) is 6.78. The lowest BCUT2D eigenvalue weighted by Crippen LogP contribution is -2.43. The van der Waals surface area contributed by atoms with E-state index in [0.717, 1.165) is 11.8 Å². The van der Waals surface area contributed by atoms with E-state index in [9.17, 15) is 0 Å². The molecule has 2 rings (SSSR count). The molecule has 1 saturated carbocycles. The monoisotopic (exact) mass is 219 g/mol. The Kier molecular flexibility index (Phi) is 3.16. The van der Waals surface area contributed by atoms with Gasteiger partial charge in [0.15, 0.2) is 0 Å². The molecule has 1 nitrogen and oxygen atoms in total. The minimum atomic E-state index is 0.0550. The number of likely N-dealkylation sites (tertiary alicyclic amines) is 1. The zero-order chi connectivity index (χ0) is 12.0. The molecule has 0 bridgehead atoms. The minimum absolute atomic E-state index is 0.0550. The van der Waals surface area contributed by atoms with Crippen LogP contribution in [0, 0.1) is 17.3 Å². The highest BCUT2D eigenvalue weighted by atomic mass is 15.1. The molecule has 1 heterocycles. The van der Waals surface area contributed by atoms with Crippen LogP contribution in [-0.2, 0) is 0 Å². The molecule has 2 heteroatoms. The van der Waals surface area contributed by atoms with E-state index in [1.54, 1.807) is 0 Å². The molecule has 3 unspecified atom stereocenters. The third kappa shape index (κ3) is 2.47. The van der Waals surface area contributed by atoms with Gasteiger partial charge in [-0.15, -0.1) is 0 Å². The van der Waals surface area contributed by atoms with Crippen LogP contribution in [0.2, 0.25) is 5.31 Å². The maximum atomic E-state index is 6.43. The molecule has 1 aliphatic heterocycles.